The van der Waals surface area contributed by atoms with Crippen molar-refractivity contribution in [3.8, 4) is 0 Å². The van der Waals surface area contributed by atoms with E-state index in [9.17, 15) is 13.2 Å². The first-order valence-electron chi connectivity index (χ1n) is 8.04. The quantitative estimate of drug-likeness (QED) is 0.564. The Morgan fingerprint density at radius 2 is 1.81 bits per heavy atom. The minimum atomic E-state index is -3.82. The van der Waals surface area contributed by atoms with Crippen LogP contribution >= 0.6 is 27.3 Å². The average Bonchev–Trinajstić information content (AvgIpc) is 3.18. The summed E-state index contributed by atoms with van der Waals surface area (Å²) in [6.07, 6.45) is 0. The first-order valence-corrected chi connectivity index (χ1v) is 11.2. The van der Waals surface area contributed by atoms with Gasteiger partial charge in [0.15, 0.2) is 0 Å². The second-order valence-electron chi connectivity index (χ2n) is 5.85. The highest BCUT2D eigenvalue weighted by atomic mass is 79.9. The third-order valence-corrected chi connectivity index (χ3v) is 7.19. The summed E-state index contributed by atoms with van der Waals surface area (Å²) in [6.45, 7) is 1.87. The highest BCUT2D eigenvalue weighted by molar-refractivity contribution is 9.10. The molecule has 0 aliphatic rings. The number of anilines is 1. The van der Waals surface area contributed by atoms with E-state index in [4.69, 9.17) is 0 Å². The molecule has 0 fully saturated rings. The molecular formula is C19H17BrN2O3S2. The lowest BCUT2D eigenvalue weighted by Crippen LogP contribution is -2.36. The summed E-state index contributed by atoms with van der Waals surface area (Å²) in [5, 5.41) is 4.50. The molecule has 3 aromatic rings. The number of carbonyl (C=O) groups is 1. The van der Waals surface area contributed by atoms with Crippen LogP contribution in [0.25, 0.3) is 0 Å². The summed E-state index contributed by atoms with van der Waals surface area (Å²) < 4.78 is 28.9. The van der Waals surface area contributed by atoms with Gasteiger partial charge in [-0.25, -0.2) is 8.42 Å². The molecule has 8 heteroatoms. The number of aryl methyl sites for hydroxylation is 1. The van der Waals surface area contributed by atoms with E-state index < -0.39 is 22.0 Å². The predicted molar refractivity (Wildman–Crippen MR) is 111 cm³/mol. The molecule has 0 bridgehead atoms. The zero-order chi connectivity index (χ0) is 19.4. The van der Waals surface area contributed by atoms with Crippen molar-refractivity contribution < 1.29 is 13.2 Å². The van der Waals surface area contributed by atoms with E-state index in [1.165, 1.54) is 6.07 Å². The number of hydrogen-bond donors (Lipinski definition) is 2. The minimum absolute atomic E-state index is 0.163. The van der Waals surface area contributed by atoms with Gasteiger partial charge in [0, 0.05) is 10.2 Å². The molecule has 1 aromatic heterocycles. The normalized spacial score (nSPS) is 12.5. The van der Waals surface area contributed by atoms with Crippen molar-refractivity contribution in [3.05, 3.63) is 81.6 Å². The highest BCUT2D eigenvalue weighted by Gasteiger charge is 2.28. The van der Waals surface area contributed by atoms with E-state index in [2.05, 4.69) is 26.0 Å². The molecule has 1 atom stereocenters. The van der Waals surface area contributed by atoms with Gasteiger partial charge < -0.3 is 5.32 Å². The fourth-order valence-corrected chi connectivity index (χ4v) is 5.19. The van der Waals surface area contributed by atoms with Gasteiger partial charge in [0.05, 0.1) is 0 Å². The SMILES string of the molecule is Cc1cc(Br)ccc1NC(=O)[C@H](NS(=O)(=O)c1cccs1)c1ccccc1. The summed E-state index contributed by atoms with van der Waals surface area (Å²) in [4.78, 5) is 13.0. The Labute approximate surface area is 170 Å². The maximum absolute atomic E-state index is 13.0. The van der Waals surface area contributed by atoms with Crippen molar-refractivity contribution in [2.24, 2.45) is 0 Å². The van der Waals surface area contributed by atoms with Gasteiger partial charge in [0.2, 0.25) is 5.91 Å². The molecule has 2 N–H and O–H groups in total. The van der Waals surface area contributed by atoms with Gasteiger partial charge in [-0.3, -0.25) is 4.79 Å². The molecule has 27 heavy (non-hydrogen) atoms. The number of thiophene rings is 1. The standard InChI is InChI=1S/C19H17BrN2O3S2/c1-13-12-15(20)9-10-16(13)21-19(23)18(14-6-3-2-4-7-14)22-27(24,25)17-8-5-11-26-17/h2-12,18,22H,1H3,(H,21,23)/t18-/m1/s1. The molecule has 0 unspecified atom stereocenters. The minimum Gasteiger partial charge on any atom is -0.324 e. The number of hydrogen-bond acceptors (Lipinski definition) is 4. The van der Waals surface area contributed by atoms with Crippen molar-refractivity contribution in [1.82, 2.24) is 4.72 Å². The Hall–Kier alpha value is -2.00. The number of nitrogens with one attached hydrogen (secondary N) is 2. The van der Waals surface area contributed by atoms with E-state index in [1.54, 1.807) is 41.8 Å². The number of halogens is 1. The van der Waals surface area contributed by atoms with Gasteiger partial charge >= 0.3 is 0 Å². The average molecular weight is 465 g/mol. The van der Waals surface area contributed by atoms with E-state index >= 15 is 0 Å². The molecule has 0 radical (unpaired) electrons. The monoisotopic (exact) mass is 464 g/mol. The number of amides is 1. The van der Waals surface area contributed by atoms with Crippen LogP contribution in [0.2, 0.25) is 0 Å². The Bertz CT molecular complexity index is 1040. The molecule has 0 aliphatic heterocycles. The maximum Gasteiger partial charge on any atom is 0.251 e. The molecule has 0 saturated carbocycles. The van der Waals surface area contributed by atoms with Gasteiger partial charge in [-0.1, -0.05) is 52.3 Å². The molecule has 0 spiro atoms. The molecule has 1 heterocycles. The number of sulfonamides is 1. The van der Waals surface area contributed by atoms with Gasteiger partial charge in [0.25, 0.3) is 10.0 Å². The zero-order valence-electron chi connectivity index (χ0n) is 14.3. The van der Waals surface area contributed by atoms with Gasteiger partial charge in [-0.15, -0.1) is 11.3 Å². The van der Waals surface area contributed by atoms with Crippen molar-refractivity contribution in [3.63, 3.8) is 0 Å². The van der Waals surface area contributed by atoms with Crippen LogP contribution in [0.5, 0.6) is 0 Å². The largest absolute Gasteiger partial charge is 0.324 e. The topological polar surface area (TPSA) is 75.3 Å². The van der Waals surface area contributed by atoms with Crippen LogP contribution in [0.15, 0.2) is 74.7 Å². The Balaban J connectivity index is 1.91. The molecule has 0 saturated heterocycles. The predicted octanol–water partition coefficient (Wildman–Crippen LogP) is 4.48. The van der Waals surface area contributed by atoms with Gasteiger partial charge in [-0.05, 0) is 47.7 Å². The first-order chi connectivity index (χ1) is 12.9. The second-order valence-corrected chi connectivity index (χ2v) is 9.65. The fraction of sp³-hybridized carbons (Fsp3) is 0.105. The van der Waals surface area contributed by atoms with Crippen LogP contribution in [0, 0.1) is 6.92 Å². The molecule has 5 nitrogen and oxygen atoms in total. The smallest absolute Gasteiger partial charge is 0.251 e. The summed E-state index contributed by atoms with van der Waals surface area (Å²) in [7, 11) is -3.82. The summed E-state index contributed by atoms with van der Waals surface area (Å²) in [5.74, 6) is -0.452. The van der Waals surface area contributed by atoms with E-state index in [0.717, 1.165) is 21.4 Å². The Morgan fingerprint density at radius 1 is 1.07 bits per heavy atom. The molecular weight excluding hydrogens is 448 g/mol. The van der Waals surface area contributed by atoms with Crippen LogP contribution in [0.1, 0.15) is 17.2 Å². The van der Waals surface area contributed by atoms with Crippen LogP contribution < -0.4 is 10.0 Å². The van der Waals surface area contributed by atoms with Crippen LogP contribution in [-0.4, -0.2) is 14.3 Å². The lowest BCUT2D eigenvalue weighted by atomic mass is 10.1. The lowest BCUT2D eigenvalue weighted by Gasteiger charge is -2.19. The number of benzene rings is 2. The van der Waals surface area contributed by atoms with Crippen LogP contribution in [0.4, 0.5) is 5.69 Å². The van der Waals surface area contributed by atoms with E-state index in [0.29, 0.717) is 11.3 Å². The lowest BCUT2D eigenvalue weighted by molar-refractivity contribution is -0.117. The third kappa shape index (κ3) is 4.84. The van der Waals surface area contributed by atoms with Gasteiger partial charge in [-0.2, -0.15) is 4.72 Å². The molecule has 2 aromatic carbocycles. The highest BCUT2D eigenvalue weighted by Crippen LogP contribution is 2.24. The number of rotatable bonds is 6. The van der Waals surface area contributed by atoms with E-state index in [1.807, 2.05) is 25.1 Å². The van der Waals surface area contributed by atoms with Crippen molar-refractivity contribution in [2.45, 2.75) is 17.2 Å². The van der Waals surface area contributed by atoms with Crippen LogP contribution in [-0.2, 0) is 14.8 Å². The summed E-state index contributed by atoms with van der Waals surface area (Å²) in [6, 6.07) is 16.3. The Kier molecular flexibility index (Phi) is 6.11. The zero-order valence-corrected chi connectivity index (χ0v) is 17.6. The van der Waals surface area contributed by atoms with Crippen molar-refractivity contribution >= 4 is 48.9 Å². The summed E-state index contributed by atoms with van der Waals surface area (Å²) in [5.41, 5.74) is 2.05. The van der Waals surface area contributed by atoms with Gasteiger partial charge in [0.1, 0.15) is 10.3 Å². The first kappa shape index (κ1) is 19.8. The fourth-order valence-electron chi connectivity index (χ4n) is 2.52. The third-order valence-electron chi connectivity index (χ3n) is 3.87. The molecule has 1 amide bonds. The molecule has 0 aliphatic carbocycles. The van der Waals surface area contributed by atoms with Crippen molar-refractivity contribution in [2.75, 3.05) is 5.32 Å². The van der Waals surface area contributed by atoms with Crippen LogP contribution in [0.3, 0.4) is 0 Å². The molecule has 3 rings (SSSR count). The van der Waals surface area contributed by atoms with E-state index in [-0.39, 0.29) is 4.21 Å². The Morgan fingerprint density at radius 3 is 2.44 bits per heavy atom. The number of carbonyl (C=O) groups excluding carboxylic acids is 1. The van der Waals surface area contributed by atoms with Crippen molar-refractivity contribution in [1.29, 1.82) is 0 Å². The summed E-state index contributed by atoms with van der Waals surface area (Å²) >= 11 is 4.49. The maximum atomic E-state index is 13.0. The second kappa shape index (κ2) is 8.35. The molecule has 140 valence electrons.